The molecule has 0 bridgehead atoms. The molecule has 0 spiro atoms. The molecule has 2 nitrogen and oxygen atoms in total. The molecular formula is C9H13NOS. The molecule has 0 N–H and O–H groups in total. The highest BCUT2D eigenvalue weighted by Gasteiger charge is 2.63. The lowest BCUT2D eigenvalue weighted by atomic mass is 9.99. The number of hydrogen-bond acceptors (Lipinski definition) is 3. The number of epoxide rings is 1. The van der Waals surface area contributed by atoms with Crippen molar-refractivity contribution >= 4 is 11.3 Å². The fourth-order valence-corrected chi connectivity index (χ4v) is 2.40. The molecule has 1 unspecified atom stereocenters. The summed E-state index contributed by atoms with van der Waals surface area (Å²) in [6.07, 6.45) is 0. The molecule has 0 saturated carbocycles. The third-order valence-corrected chi connectivity index (χ3v) is 3.76. The van der Waals surface area contributed by atoms with Gasteiger partial charge in [0.15, 0.2) is 0 Å². The van der Waals surface area contributed by atoms with E-state index in [1.165, 1.54) is 0 Å². The van der Waals surface area contributed by atoms with Crippen LogP contribution in [0.5, 0.6) is 0 Å². The second-order valence-corrected chi connectivity index (χ2v) is 4.80. The van der Waals surface area contributed by atoms with Gasteiger partial charge in [0.1, 0.15) is 10.6 Å². The van der Waals surface area contributed by atoms with Gasteiger partial charge in [-0.2, -0.15) is 0 Å². The Hall–Kier alpha value is -0.410. The fourth-order valence-electron chi connectivity index (χ4n) is 1.36. The lowest BCUT2D eigenvalue weighted by Crippen LogP contribution is -2.13. The van der Waals surface area contributed by atoms with Crippen LogP contribution in [0.2, 0.25) is 0 Å². The van der Waals surface area contributed by atoms with E-state index in [2.05, 4.69) is 31.1 Å². The first kappa shape index (κ1) is 8.20. The Labute approximate surface area is 76.6 Å². The molecule has 12 heavy (non-hydrogen) atoms. The van der Waals surface area contributed by atoms with Crippen LogP contribution in [0.25, 0.3) is 0 Å². The van der Waals surface area contributed by atoms with Gasteiger partial charge in [-0.15, -0.1) is 11.3 Å². The van der Waals surface area contributed by atoms with Gasteiger partial charge in [0.05, 0.1) is 5.60 Å². The normalized spacial score (nSPS) is 32.0. The Morgan fingerprint density at radius 2 is 2.00 bits per heavy atom. The average molecular weight is 183 g/mol. The zero-order valence-electron chi connectivity index (χ0n) is 7.84. The van der Waals surface area contributed by atoms with Crippen LogP contribution < -0.4 is 0 Å². The van der Waals surface area contributed by atoms with Gasteiger partial charge < -0.3 is 4.74 Å². The number of rotatable bonds is 1. The lowest BCUT2D eigenvalue weighted by molar-refractivity contribution is 0.287. The van der Waals surface area contributed by atoms with Gasteiger partial charge in [-0.3, -0.25) is 0 Å². The van der Waals surface area contributed by atoms with E-state index in [-0.39, 0.29) is 11.2 Å². The fraction of sp³-hybridized carbons (Fsp3) is 0.667. The zero-order valence-corrected chi connectivity index (χ0v) is 8.66. The molecule has 1 saturated heterocycles. The summed E-state index contributed by atoms with van der Waals surface area (Å²) in [7, 11) is 0. The molecule has 0 radical (unpaired) electrons. The Balaban J connectivity index is 2.34. The van der Waals surface area contributed by atoms with Crippen molar-refractivity contribution in [1.82, 2.24) is 4.98 Å². The molecule has 1 aromatic rings. The summed E-state index contributed by atoms with van der Waals surface area (Å²) >= 11 is 1.69. The number of nitrogens with zero attached hydrogens (tertiary/aromatic N) is 1. The van der Waals surface area contributed by atoms with Crippen molar-refractivity contribution in [2.24, 2.45) is 0 Å². The Morgan fingerprint density at radius 1 is 1.42 bits per heavy atom. The zero-order chi connectivity index (χ0) is 8.98. The molecule has 0 amide bonds. The maximum Gasteiger partial charge on any atom is 0.146 e. The quantitative estimate of drug-likeness (QED) is 0.625. The van der Waals surface area contributed by atoms with Crippen molar-refractivity contribution in [3.63, 3.8) is 0 Å². The van der Waals surface area contributed by atoms with Gasteiger partial charge in [0, 0.05) is 11.1 Å². The molecule has 1 aliphatic heterocycles. The molecule has 1 aliphatic rings. The van der Waals surface area contributed by atoms with Crippen molar-refractivity contribution in [3.8, 4) is 0 Å². The predicted molar refractivity (Wildman–Crippen MR) is 49.4 cm³/mol. The van der Waals surface area contributed by atoms with Crippen molar-refractivity contribution in [3.05, 3.63) is 16.1 Å². The largest absolute Gasteiger partial charge is 0.356 e. The molecule has 3 heteroatoms. The van der Waals surface area contributed by atoms with E-state index >= 15 is 0 Å². The van der Waals surface area contributed by atoms with Crippen LogP contribution in [0.15, 0.2) is 5.38 Å². The minimum Gasteiger partial charge on any atom is -0.356 e. The number of aryl methyl sites for hydroxylation is 1. The van der Waals surface area contributed by atoms with Crippen molar-refractivity contribution in [1.29, 1.82) is 0 Å². The molecule has 2 rings (SSSR count). The Morgan fingerprint density at radius 3 is 2.33 bits per heavy atom. The second-order valence-electron chi connectivity index (χ2n) is 3.94. The van der Waals surface area contributed by atoms with E-state index in [9.17, 15) is 0 Å². The number of ether oxygens (including phenoxy) is 1. The first-order valence-electron chi connectivity index (χ1n) is 4.08. The van der Waals surface area contributed by atoms with E-state index in [0.29, 0.717) is 0 Å². The van der Waals surface area contributed by atoms with Crippen LogP contribution in [0.3, 0.4) is 0 Å². The van der Waals surface area contributed by atoms with E-state index in [1.54, 1.807) is 11.3 Å². The minimum atomic E-state index is -0.133. The summed E-state index contributed by atoms with van der Waals surface area (Å²) in [5.74, 6) is 0. The van der Waals surface area contributed by atoms with Crippen LogP contribution in [0.4, 0.5) is 0 Å². The van der Waals surface area contributed by atoms with Gasteiger partial charge in [-0.1, -0.05) is 0 Å². The number of thiazole rings is 1. The summed E-state index contributed by atoms with van der Waals surface area (Å²) in [5, 5.41) is 3.17. The monoisotopic (exact) mass is 183 g/mol. The SMILES string of the molecule is Cc1csc(C2(C)OC2(C)C)n1. The summed E-state index contributed by atoms with van der Waals surface area (Å²) < 4.78 is 5.64. The van der Waals surface area contributed by atoms with Crippen LogP contribution in [-0.4, -0.2) is 10.6 Å². The van der Waals surface area contributed by atoms with Crippen molar-refractivity contribution in [2.45, 2.75) is 38.9 Å². The first-order chi connectivity index (χ1) is 5.46. The van der Waals surface area contributed by atoms with E-state index in [4.69, 9.17) is 4.74 Å². The van der Waals surface area contributed by atoms with Gasteiger partial charge in [-0.05, 0) is 27.7 Å². The number of hydrogen-bond donors (Lipinski definition) is 0. The van der Waals surface area contributed by atoms with Gasteiger partial charge in [0.2, 0.25) is 0 Å². The average Bonchev–Trinajstić information content (AvgIpc) is 2.37. The molecule has 1 aromatic heterocycles. The minimum absolute atomic E-state index is 0.0305. The van der Waals surface area contributed by atoms with E-state index in [1.807, 2.05) is 6.92 Å². The molecule has 2 heterocycles. The summed E-state index contributed by atoms with van der Waals surface area (Å²) in [6, 6.07) is 0. The van der Waals surface area contributed by atoms with Crippen LogP contribution in [0.1, 0.15) is 31.5 Å². The third-order valence-electron chi connectivity index (χ3n) is 2.59. The summed E-state index contributed by atoms with van der Waals surface area (Å²) in [4.78, 5) is 4.43. The molecule has 1 atom stereocenters. The maximum absolute atomic E-state index is 5.64. The molecule has 0 aromatic carbocycles. The topological polar surface area (TPSA) is 25.4 Å². The highest BCUT2D eigenvalue weighted by Crippen LogP contribution is 2.55. The van der Waals surface area contributed by atoms with Gasteiger partial charge >= 0.3 is 0 Å². The predicted octanol–water partition coefficient (Wildman–Crippen LogP) is 2.48. The Kier molecular flexibility index (Phi) is 1.43. The lowest BCUT2D eigenvalue weighted by Gasteiger charge is -2.03. The molecule has 0 aliphatic carbocycles. The number of aromatic nitrogens is 1. The van der Waals surface area contributed by atoms with Crippen LogP contribution >= 0.6 is 11.3 Å². The van der Waals surface area contributed by atoms with Crippen LogP contribution in [-0.2, 0) is 10.3 Å². The standard InChI is InChI=1S/C9H13NOS/c1-6-5-12-7(10-6)9(4)8(2,3)11-9/h5H,1-4H3. The van der Waals surface area contributed by atoms with Crippen molar-refractivity contribution in [2.75, 3.05) is 0 Å². The smallest absolute Gasteiger partial charge is 0.146 e. The first-order valence-corrected chi connectivity index (χ1v) is 4.96. The van der Waals surface area contributed by atoms with Crippen LogP contribution in [0, 0.1) is 6.92 Å². The molecule has 1 fully saturated rings. The Bertz CT molecular complexity index is 318. The highest BCUT2D eigenvalue weighted by atomic mass is 32.1. The molecule has 66 valence electrons. The summed E-state index contributed by atoms with van der Waals surface area (Å²) in [5.41, 5.74) is 0.922. The van der Waals surface area contributed by atoms with Gasteiger partial charge in [0.25, 0.3) is 0 Å². The van der Waals surface area contributed by atoms with Gasteiger partial charge in [-0.25, -0.2) is 4.98 Å². The highest BCUT2D eigenvalue weighted by molar-refractivity contribution is 7.09. The third kappa shape index (κ3) is 0.930. The second kappa shape index (κ2) is 2.09. The van der Waals surface area contributed by atoms with Crippen molar-refractivity contribution < 1.29 is 4.74 Å². The van der Waals surface area contributed by atoms with E-state index in [0.717, 1.165) is 10.7 Å². The maximum atomic E-state index is 5.64. The molecular weight excluding hydrogens is 170 g/mol. The summed E-state index contributed by atoms with van der Waals surface area (Å²) in [6.45, 7) is 8.32. The van der Waals surface area contributed by atoms with E-state index < -0.39 is 0 Å².